The summed E-state index contributed by atoms with van der Waals surface area (Å²) in [6.07, 6.45) is 0. The highest BCUT2D eigenvalue weighted by Crippen LogP contribution is 2.27. The van der Waals surface area contributed by atoms with E-state index in [-0.39, 0.29) is 5.75 Å². The van der Waals surface area contributed by atoms with E-state index in [1.54, 1.807) is 12.1 Å². The molecular formula is C10H8N4OS. The number of nitrogens with zero attached hydrogens (tertiary/aromatic N) is 3. The summed E-state index contributed by atoms with van der Waals surface area (Å²) in [4.78, 5) is 4.22. The van der Waals surface area contributed by atoms with Crippen molar-refractivity contribution in [1.29, 1.82) is 0 Å². The molecule has 0 unspecified atom stereocenters. The number of hydrogen-bond acceptors (Lipinski definition) is 4. The van der Waals surface area contributed by atoms with Gasteiger partial charge in [0.05, 0.1) is 5.52 Å². The van der Waals surface area contributed by atoms with E-state index in [1.807, 2.05) is 17.7 Å². The van der Waals surface area contributed by atoms with Gasteiger partial charge in [-0.25, -0.2) is 0 Å². The van der Waals surface area contributed by atoms with Gasteiger partial charge in [-0.1, -0.05) is 0 Å². The second-order valence-corrected chi connectivity index (χ2v) is 3.96. The average molecular weight is 232 g/mol. The summed E-state index contributed by atoms with van der Waals surface area (Å²) in [6.45, 7) is 0. The van der Waals surface area contributed by atoms with E-state index in [9.17, 15) is 5.11 Å². The maximum atomic E-state index is 9.47. The molecule has 0 aliphatic rings. The fourth-order valence-corrected chi connectivity index (χ4v) is 1.99. The van der Waals surface area contributed by atoms with Crippen LogP contribution in [0.25, 0.3) is 22.1 Å². The molecule has 0 saturated carbocycles. The fraction of sp³-hybridized carbons (Fsp3) is 0.100. The summed E-state index contributed by atoms with van der Waals surface area (Å²) in [6, 6.07) is 5.14. The van der Waals surface area contributed by atoms with Gasteiger partial charge < -0.3 is 9.67 Å². The van der Waals surface area contributed by atoms with Gasteiger partial charge in [0, 0.05) is 12.4 Å². The SMILES string of the molecule is Cn1c2ccc(O)cc2c2n[nH]c(=S)nc21. The molecule has 2 aromatic heterocycles. The first kappa shape index (κ1) is 9.29. The second kappa shape index (κ2) is 3.02. The summed E-state index contributed by atoms with van der Waals surface area (Å²) in [5.41, 5.74) is 2.38. The minimum atomic E-state index is 0.212. The number of nitrogens with one attached hydrogen (secondary N) is 1. The molecular weight excluding hydrogens is 224 g/mol. The Kier molecular flexibility index (Phi) is 1.75. The summed E-state index contributed by atoms with van der Waals surface area (Å²) >= 11 is 4.94. The highest BCUT2D eigenvalue weighted by atomic mass is 32.1. The van der Waals surface area contributed by atoms with Crippen LogP contribution in [0.5, 0.6) is 5.75 Å². The van der Waals surface area contributed by atoms with E-state index in [0.717, 1.165) is 10.9 Å². The third kappa shape index (κ3) is 1.13. The van der Waals surface area contributed by atoms with Crippen molar-refractivity contribution in [3.63, 3.8) is 0 Å². The number of fused-ring (bicyclic) bond motifs is 3. The van der Waals surface area contributed by atoms with Crippen molar-refractivity contribution in [3.05, 3.63) is 23.0 Å². The number of aromatic amines is 1. The number of rotatable bonds is 0. The molecule has 3 aromatic rings. The molecule has 0 aliphatic carbocycles. The first-order valence-corrected chi connectivity index (χ1v) is 5.11. The molecule has 3 rings (SSSR count). The van der Waals surface area contributed by atoms with Crippen LogP contribution in [0.1, 0.15) is 0 Å². The molecule has 80 valence electrons. The Morgan fingerprint density at radius 1 is 1.44 bits per heavy atom. The average Bonchev–Trinajstić information content (AvgIpc) is 2.52. The minimum absolute atomic E-state index is 0.212. The minimum Gasteiger partial charge on any atom is -0.508 e. The molecule has 0 bridgehead atoms. The van der Waals surface area contributed by atoms with Crippen molar-refractivity contribution >= 4 is 34.3 Å². The van der Waals surface area contributed by atoms with E-state index in [0.29, 0.717) is 15.9 Å². The molecule has 5 nitrogen and oxygen atoms in total. The molecule has 0 radical (unpaired) electrons. The predicted molar refractivity (Wildman–Crippen MR) is 62.9 cm³/mol. The summed E-state index contributed by atoms with van der Waals surface area (Å²) in [5, 5.41) is 17.1. The summed E-state index contributed by atoms with van der Waals surface area (Å²) in [7, 11) is 1.89. The third-order valence-electron chi connectivity index (χ3n) is 2.60. The van der Waals surface area contributed by atoms with E-state index >= 15 is 0 Å². The Morgan fingerprint density at radius 2 is 2.25 bits per heavy atom. The Labute approximate surface area is 95.4 Å². The molecule has 1 aromatic carbocycles. The molecule has 0 saturated heterocycles. The summed E-state index contributed by atoms with van der Waals surface area (Å²) in [5.74, 6) is 0.212. The van der Waals surface area contributed by atoms with E-state index < -0.39 is 0 Å². The summed E-state index contributed by atoms with van der Waals surface area (Å²) < 4.78 is 2.25. The number of aromatic hydroxyl groups is 1. The Hall–Kier alpha value is -1.95. The van der Waals surface area contributed by atoms with Crippen molar-refractivity contribution in [2.45, 2.75) is 0 Å². The van der Waals surface area contributed by atoms with Crippen LogP contribution in [0.15, 0.2) is 18.2 Å². The molecule has 0 spiro atoms. The molecule has 6 heteroatoms. The quantitative estimate of drug-likeness (QED) is 0.581. The fourth-order valence-electron chi connectivity index (χ4n) is 1.86. The Bertz CT molecular complexity index is 758. The molecule has 0 fully saturated rings. The largest absolute Gasteiger partial charge is 0.508 e. The van der Waals surface area contributed by atoms with Crippen LogP contribution in [-0.2, 0) is 7.05 Å². The lowest BCUT2D eigenvalue weighted by molar-refractivity contribution is 0.476. The zero-order chi connectivity index (χ0) is 11.3. The smallest absolute Gasteiger partial charge is 0.215 e. The number of phenolic OH excluding ortho intramolecular Hbond substituents is 1. The van der Waals surface area contributed by atoms with Gasteiger partial charge >= 0.3 is 0 Å². The first-order chi connectivity index (χ1) is 7.66. The van der Waals surface area contributed by atoms with Crippen molar-refractivity contribution in [2.75, 3.05) is 0 Å². The van der Waals surface area contributed by atoms with Gasteiger partial charge in [-0.2, -0.15) is 10.1 Å². The number of H-pyrrole nitrogens is 1. The van der Waals surface area contributed by atoms with Crippen LogP contribution in [0.3, 0.4) is 0 Å². The maximum absolute atomic E-state index is 9.47. The van der Waals surface area contributed by atoms with Crippen molar-refractivity contribution < 1.29 is 5.11 Å². The van der Waals surface area contributed by atoms with E-state index in [1.165, 1.54) is 0 Å². The zero-order valence-corrected chi connectivity index (χ0v) is 9.25. The van der Waals surface area contributed by atoms with Gasteiger partial charge in [-0.3, -0.25) is 5.10 Å². The van der Waals surface area contributed by atoms with E-state index in [2.05, 4.69) is 15.2 Å². The van der Waals surface area contributed by atoms with Gasteiger partial charge in [0.15, 0.2) is 5.65 Å². The lowest BCUT2D eigenvalue weighted by atomic mass is 10.2. The van der Waals surface area contributed by atoms with Crippen LogP contribution in [-0.4, -0.2) is 24.9 Å². The van der Waals surface area contributed by atoms with Gasteiger partial charge in [0.1, 0.15) is 11.3 Å². The van der Waals surface area contributed by atoms with Crippen LogP contribution >= 0.6 is 12.2 Å². The lowest BCUT2D eigenvalue weighted by Gasteiger charge is -1.95. The molecule has 2 N–H and O–H groups in total. The number of hydrogen-bond donors (Lipinski definition) is 2. The number of benzene rings is 1. The highest BCUT2D eigenvalue weighted by molar-refractivity contribution is 7.71. The molecule has 0 amide bonds. The molecule has 0 atom stereocenters. The third-order valence-corrected chi connectivity index (χ3v) is 2.78. The predicted octanol–water partition coefficient (Wildman–Crippen LogP) is 1.88. The van der Waals surface area contributed by atoms with Crippen LogP contribution in [0.4, 0.5) is 0 Å². The van der Waals surface area contributed by atoms with Gasteiger partial charge in [-0.15, -0.1) is 0 Å². The van der Waals surface area contributed by atoms with Crippen LogP contribution < -0.4 is 0 Å². The van der Waals surface area contributed by atoms with E-state index in [4.69, 9.17) is 12.2 Å². The second-order valence-electron chi connectivity index (χ2n) is 3.57. The van der Waals surface area contributed by atoms with Crippen molar-refractivity contribution in [3.8, 4) is 5.75 Å². The van der Waals surface area contributed by atoms with Crippen molar-refractivity contribution in [1.82, 2.24) is 19.7 Å². The van der Waals surface area contributed by atoms with Gasteiger partial charge in [0.25, 0.3) is 0 Å². The topological polar surface area (TPSA) is 66.7 Å². The monoisotopic (exact) mass is 232 g/mol. The standard InChI is InChI=1S/C10H8N4OS/c1-14-7-3-2-5(15)4-6(7)8-9(14)11-10(16)13-12-8/h2-4,15H,1H3,(H,11,13,16). The van der Waals surface area contributed by atoms with Crippen LogP contribution in [0, 0.1) is 4.77 Å². The van der Waals surface area contributed by atoms with Gasteiger partial charge in [-0.05, 0) is 30.4 Å². The van der Waals surface area contributed by atoms with Crippen molar-refractivity contribution in [2.24, 2.45) is 7.05 Å². The Morgan fingerprint density at radius 3 is 3.06 bits per heavy atom. The number of aromatic nitrogens is 4. The molecule has 0 aliphatic heterocycles. The normalized spacial score (nSPS) is 11.3. The van der Waals surface area contributed by atoms with Crippen LogP contribution in [0.2, 0.25) is 0 Å². The highest BCUT2D eigenvalue weighted by Gasteiger charge is 2.10. The molecule has 16 heavy (non-hydrogen) atoms. The maximum Gasteiger partial charge on any atom is 0.215 e. The Balaban J connectivity index is 2.64. The molecule has 2 heterocycles. The first-order valence-electron chi connectivity index (χ1n) is 4.70. The number of aryl methyl sites for hydroxylation is 1. The zero-order valence-electron chi connectivity index (χ0n) is 8.43. The lowest BCUT2D eigenvalue weighted by Crippen LogP contribution is -1.92. The number of phenols is 1. The van der Waals surface area contributed by atoms with Gasteiger partial charge in [0.2, 0.25) is 4.77 Å².